The summed E-state index contributed by atoms with van der Waals surface area (Å²) >= 11 is 0. The molecule has 1 aliphatic rings. The number of benzene rings is 2. The van der Waals surface area contributed by atoms with Gasteiger partial charge in [0.15, 0.2) is 23.0 Å². The number of unbranched alkanes of at least 4 members (excludes halogenated alkanes) is 6. The first-order valence-electron chi connectivity index (χ1n) is 28.5. The number of ether oxygens (including phenoxy) is 11. The Morgan fingerprint density at radius 1 is 0.366 bits per heavy atom. The van der Waals surface area contributed by atoms with E-state index in [2.05, 4.69) is 39.5 Å². The molecule has 0 bridgehead atoms. The minimum Gasteiger partial charge on any atom is -0.502 e. The van der Waals surface area contributed by atoms with E-state index < -0.39 is 11.9 Å². The van der Waals surface area contributed by atoms with E-state index in [-0.39, 0.29) is 12.2 Å². The molecule has 2 aromatic carbocycles. The van der Waals surface area contributed by atoms with Gasteiger partial charge < -0.3 is 52.1 Å². The zero-order valence-corrected chi connectivity index (χ0v) is 48.2. The van der Waals surface area contributed by atoms with Crippen molar-refractivity contribution in [2.24, 2.45) is 0 Å². The van der Waals surface area contributed by atoms with Gasteiger partial charge in [-0.25, -0.2) is 38.9 Å². The largest absolute Gasteiger partial charge is 0.502 e. The Bertz CT molecular complexity index is 2150. The fourth-order valence-corrected chi connectivity index (χ4v) is 7.60. The molecule has 1 fully saturated rings. The van der Waals surface area contributed by atoms with E-state index in [9.17, 15) is 9.59 Å². The maximum Gasteiger partial charge on any atom is 0.331 e. The summed E-state index contributed by atoms with van der Waals surface area (Å²) in [5.74, 6) is 1.62. The van der Waals surface area contributed by atoms with E-state index in [1.54, 1.807) is 42.5 Å². The van der Waals surface area contributed by atoms with Gasteiger partial charge in [0.25, 0.3) is 0 Å². The molecule has 0 spiro atoms. The van der Waals surface area contributed by atoms with E-state index in [0.717, 1.165) is 25.7 Å². The van der Waals surface area contributed by atoms with Crippen molar-refractivity contribution >= 4 is 24.1 Å². The molecular formula is C63H90O19. The zero-order chi connectivity index (χ0) is 58.8. The van der Waals surface area contributed by atoms with Crippen LogP contribution in [0.25, 0.3) is 12.2 Å². The van der Waals surface area contributed by atoms with E-state index >= 15 is 0 Å². The molecule has 19 nitrogen and oxygen atoms in total. The van der Waals surface area contributed by atoms with Crippen molar-refractivity contribution < 1.29 is 91.0 Å². The first-order valence-corrected chi connectivity index (χ1v) is 28.5. The summed E-state index contributed by atoms with van der Waals surface area (Å²) in [7, 11) is 0. The van der Waals surface area contributed by atoms with Crippen molar-refractivity contribution in [3.8, 4) is 34.5 Å². The van der Waals surface area contributed by atoms with Crippen LogP contribution in [0, 0.1) is 0 Å². The zero-order valence-electron chi connectivity index (χ0n) is 48.2. The van der Waals surface area contributed by atoms with Gasteiger partial charge in [0.1, 0.15) is 32.0 Å². The lowest BCUT2D eigenvalue weighted by molar-refractivity contribution is -0.286. The molecule has 0 aromatic heterocycles. The summed E-state index contributed by atoms with van der Waals surface area (Å²) in [5.41, 5.74) is 1.19. The van der Waals surface area contributed by atoms with Gasteiger partial charge in [0.05, 0.1) is 98.1 Å². The van der Waals surface area contributed by atoms with Crippen LogP contribution in [-0.4, -0.2) is 123 Å². The molecule has 456 valence electrons. The van der Waals surface area contributed by atoms with Crippen LogP contribution in [0.5, 0.6) is 34.5 Å². The standard InChI is InChI=1S/C63H90O19/c1-7-37-75-78-49-22-19-44-70-57-34-26-52(60(71-45-17-14-41-67-11-5)63(57)74-48-21-24-51-80-77-39-9-3)27-35-58(64)81-54-29-31-55(32-30-54)82-59(65)36-28-53-25-33-56(69-43-16-13-40-66-10-4)62(73-47-18-15-42-68-12-6)61(53)72-46-20-23-50-79-76-38-8-2/h7-12,25-28,33-36,54-55H,1-6,13-24,29-32,37-51H2/b35-27+,36-28+. The van der Waals surface area contributed by atoms with Crippen molar-refractivity contribution in [2.75, 3.05) is 99.1 Å². The molecule has 0 unspecified atom stereocenters. The molecule has 0 heterocycles. The van der Waals surface area contributed by atoms with Crippen LogP contribution < -0.4 is 28.4 Å². The van der Waals surface area contributed by atoms with E-state index in [1.165, 1.54) is 30.9 Å². The van der Waals surface area contributed by atoms with Crippen LogP contribution in [0.1, 0.15) is 114 Å². The second-order valence-electron chi connectivity index (χ2n) is 18.2. The minimum absolute atomic E-state index is 0.290. The molecule has 0 saturated heterocycles. The van der Waals surface area contributed by atoms with Crippen molar-refractivity contribution in [1.29, 1.82) is 0 Å². The molecule has 0 atom stereocenters. The SMILES string of the molecule is C=CCOOCCCCOc1ccc(/C=C/C(=O)OC2CCC(OC(=O)/C=C/c3ccc(OCCCCOC=C)c(OCCCCOC=C)c3OCCCCOOCC=C)CC2)c(OCCCCOC=C)c1OCCCCOOCC=C. The lowest BCUT2D eigenvalue weighted by Crippen LogP contribution is -2.29. The smallest absolute Gasteiger partial charge is 0.331 e. The Kier molecular flexibility index (Phi) is 40.6. The van der Waals surface area contributed by atoms with Gasteiger partial charge in [-0.3, -0.25) is 0 Å². The predicted molar refractivity (Wildman–Crippen MR) is 312 cm³/mol. The minimum atomic E-state index is -0.528. The number of rotatable bonds is 54. The predicted octanol–water partition coefficient (Wildman–Crippen LogP) is 12.6. The van der Waals surface area contributed by atoms with Crippen molar-refractivity contribution in [3.05, 3.63) is 124 Å². The Balaban J connectivity index is 1.72. The molecule has 0 aliphatic heterocycles. The number of carbonyl (C=O) groups is 2. The molecule has 0 radical (unpaired) electrons. The summed E-state index contributed by atoms with van der Waals surface area (Å²) in [5, 5.41) is 0. The normalized spacial score (nSPS) is 13.9. The van der Waals surface area contributed by atoms with E-state index in [0.29, 0.717) is 222 Å². The van der Waals surface area contributed by atoms with E-state index in [4.69, 9.17) is 81.4 Å². The van der Waals surface area contributed by atoms with Gasteiger partial charge in [0.2, 0.25) is 11.5 Å². The highest BCUT2D eigenvalue weighted by atomic mass is 17.2. The maximum atomic E-state index is 13.4. The molecule has 2 aromatic rings. The van der Waals surface area contributed by atoms with Gasteiger partial charge >= 0.3 is 11.9 Å². The Hall–Kier alpha value is -6.74. The third-order valence-corrected chi connectivity index (χ3v) is 11.7. The average Bonchev–Trinajstić information content (AvgIpc) is 3.69. The first-order chi connectivity index (χ1) is 40.4. The molecule has 0 N–H and O–H groups in total. The highest BCUT2D eigenvalue weighted by Gasteiger charge is 2.26. The highest BCUT2D eigenvalue weighted by molar-refractivity contribution is 5.89. The fourth-order valence-electron chi connectivity index (χ4n) is 7.60. The van der Waals surface area contributed by atoms with Crippen LogP contribution in [0.4, 0.5) is 0 Å². The van der Waals surface area contributed by atoms with Gasteiger partial charge in [-0.2, -0.15) is 0 Å². The molecule has 82 heavy (non-hydrogen) atoms. The first kappa shape index (κ1) is 69.5. The maximum absolute atomic E-state index is 13.4. The third kappa shape index (κ3) is 32.0. The quantitative estimate of drug-likeness (QED) is 0.0115. The summed E-state index contributed by atoms with van der Waals surface area (Å²) < 4.78 is 65.7. The van der Waals surface area contributed by atoms with Crippen LogP contribution in [0.2, 0.25) is 0 Å². The number of carbonyl (C=O) groups excluding carboxylic acids is 2. The number of hydrogen-bond acceptors (Lipinski definition) is 19. The molecule has 1 saturated carbocycles. The molecule has 3 rings (SSSR count). The monoisotopic (exact) mass is 1150 g/mol. The molecule has 0 amide bonds. The lowest BCUT2D eigenvalue weighted by Gasteiger charge is -2.27. The number of hydrogen-bond donors (Lipinski definition) is 0. The van der Waals surface area contributed by atoms with Crippen LogP contribution in [-0.2, 0) is 62.6 Å². The Morgan fingerprint density at radius 2 is 0.659 bits per heavy atom. The van der Waals surface area contributed by atoms with Crippen molar-refractivity contribution in [3.63, 3.8) is 0 Å². The lowest BCUT2D eigenvalue weighted by atomic mass is 9.95. The summed E-state index contributed by atoms with van der Waals surface area (Å²) in [6.45, 7) is 27.4. The Labute approximate surface area is 486 Å². The molecule has 1 aliphatic carbocycles. The van der Waals surface area contributed by atoms with Crippen molar-refractivity contribution in [1.82, 2.24) is 0 Å². The third-order valence-electron chi connectivity index (χ3n) is 11.7. The summed E-state index contributed by atoms with van der Waals surface area (Å²) in [4.78, 5) is 57.5. The van der Waals surface area contributed by atoms with Crippen LogP contribution in [0.3, 0.4) is 0 Å². The van der Waals surface area contributed by atoms with Gasteiger partial charge in [-0.05, 0) is 139 Å². The number of esters is 2. The van der Waals surface area contributed by atoms with E-state index in [1.807, 2.05) is 12.1 Å². The van der Waals surface area contributed by atoms with Gasteiger partial charge in [-0.1, -0.05) is 38.0 Å². The summed E-state index contributed by atoms with van der Waals surface area (Å²) in [6, 6.07) is 7.23. The van der Waals surface area contributed by atoms with Crippen LogP contribution in [0.15, 0.2) is 113 Å². The fraction of sp³-hybridized carbons (Fsp3) is 0.524. The van der Waals surface area contributed by atoms with Gasteiger partial charge in [0, 0.05) is 23.3 Å². The van der Waals surface area contributed by atoms with Gasteiger partial charge in [-0.15, -0.1) is 19.7 Å². The highest BCUT2D eigenvalue weighted by Crippen LogP contribution is 2.43. The van der Waals surface area contributed by atoms with Crippen molar-refractivity contribution in [2.45, 2.75) is 115 Å². The molecular weight excluding hydrogens is 1060 g/mol. The second kappa shape index (κ2) is 47.9. The Morgan fingerprint density at radius 3 is 0.976 bits per heavy atom. The second-order valence-corrected chi connectivity index (χ2v) is 18.2. The van der Waals surface area contributed by atoms with Crippen LogP contribution >= 0.6 is 0 Å². The molecule has 19 heteroatoms. The average molecular weight is 1150 g/mol. The topological polar surface area (TPSA) is 191 Å². The summed E-state index contributed by atoms with van der Waals surface area (Å²) in [6.07, 6.45) is 24.7.